The molecule has 2 heterocycles. The number of aliphatic hydroxyl groups excluding tert-OH is 1. The van der Waals surface area contributed by atoms with Crippen molar-refractivity contribution in [3.8, 4) is 0 Å². The average molecular weight is 469 g/mol. The van der Waals surface area contributed by atoms with Crippen LogP contribution < -0.4 is 0 Å². The van der Waals surface area contributed by atoms with Gasteiger partial charge in [0.15, 0.2) is 0 Å². The first-order valence-electron chi connectivity index (χ1n) is 11.3. The van der Waals surface area contributed by atoms with Crippen LogP contribution in [0, 0.1) is 0 Å². The largest absolute Gasteiger partial charge is 0.507 e. The van der Waals surface area contributed by atoms with Crippen LogP contribution in [0.5, 0.6) is 0 Å². The van der Waals surface area contributed by atoms with E-state index in [9.17, 15) is 14.7 Å². The van der Waals surface area contributed by atoms with E-state index in [1.807, 2.05) is 24.3 Å². The van der Waals surface area contributed by atoms with Crippen LogP contribution in [0.1, 0.15) is 42.5 Å². The van der Waals surface area contributed by atoms with Crippen LogP contribution in [-0.2, 0) is 14.3 Å². The number of halogens is 1. The third-order valence-electron chi connectivity index (χ3n) is 6.34. The lowest BCUT2D eigenvalue weighted by Crippen LogP contribution is -2.42. The lowest BCUT2D eigenvalue weighted by Gasteiger charge is -2.31. The molecule has 4 rings (SSSR count). The van der Waals surface area contributed by atoms with Gasteiger partial charge < -0.3 is 14.7 Å². The molecule has 0 spiro atoms. The number of Topliss-reactive ketones (excluding diaryl/α,β-unsaturated/α-hetero) is 1. The number of hydrogen-bond acceptors (Lipinski definition) is 5. The second-order valence-corrected chi connectivity index (χ2v) is 9.21. The summed E-state index contributed by atoms with van der Waals surface area (Å²) in [4.78, 5) is 30.1. The van der Waals surface area contributed by atoms with Gasteiger partial charge in [0.1, 0.15) is 5.76 Å². The van der Waals surface area contributed by atoms with Gasteiger partial charge in [-0.05, 0) is 41.3 Å². The maximum Gasteiger partial charge on any atom is 0.295 e. The molecule has 2 saturated heterocycles. The van der Waals surface area contributed by atoms with E-state index < -0.39 is 17.7 Å². The molecule has 2 aromatic rings. The van der Waals surface area contributed by atoms with Gasteiger partial charge in [-0.25, -0.2) is 0 Å². The molecule has 2 fully saturated rings. The predicted molar refractivity (Wildman–Crippen MR) is 128 cm³/mol. The van der Waals surface area contributed by atoms with E-state index in [-0.39, 0.29) is 11.3 Å². The van der Waals surface area contributed by atoms with Crippen LogP contribution in [0.15, 0.2) is 54.1 Å². The topological polar surface area (TPSA) is 70.1 Å². The van der Waals surface area contributed by atoms with Gasteiger partial charge in [-0.3, -0.25) is 14.5 Å². The Bertz CT molecular complexity index is 1040. The van der Waals surface area contributed by atoms with Gasteiger partial charge >= 0.3 is 0 Å². The van der Waals surface area contributed by atoms with Crippen LogP contribution in [0.2, 0.25) is 5.02 Å². The minimum absolute atomic E-state index is 0.113. The lowest BCUT2D eigenvalue weighted by molar-refractivity contribution is -0.140. The van der Waals surface area contributed by atoms with Crippen LogP contribution >= 0.6 is 11.6 Å². The number of benzene rings is 2. The number of carbonyl (C=O) groups excluding carboxylic acids is 2. The van der Waals surface area contributed by atoms with Crippen molar-refractivity contribution in [1.29, 1.82) is 0 Å². The normalized spacial score (nSPS) is 21.2. The molecule has 1 amide bonds. The number of aliphatic hydroxyl groups is 1. The quantitative estimate of drug-likeness (QED) is 0.390. The van der Waals surface area contributed by atoms with Gasteiger partial charge in [-0.2, -0.15) is 0 Å². The first kappa shape index (κ1) is 23.5. The first-order chi connectivity index (χ1) is 15.9. The molecule has 0 aliphatic carbocycles. The average Bonchev–Trinajstić information content (AvgIpc) is 3.08. The monoisotopic (exact) mass is 468 g/mol. The third kappa shape index (κ3) is 4.98. The van der Waals surface area contributed by atoms with Gasteiger partial charge in [0, 0.05) is 36.8 Å². The maximum atomic E-state index is 13.1. The summed E-state index contributed by atoms with van der Waals surface area (Å²) in [5, 5.41) is 11.6. The number of nitrogens with zero attached hydrogens (tertiary/aromatic N) is 2. The number of ether oxygens (including phenoxy) is 1. The summed E-state index contributed by atoms with van der Waals surface area (Å²) < 4.78 is 5.41. The standard InChI is InChI=1S/C26H29ClN2O4/c1-17(2)18-3-5-19(6-4-18)23-22(24(30)20-7-9-21(27)10-8-20)25(31)26(32)29(23)12-11-28-13-15-33-16-14-28/h3-10,17,23,30H,11-16H2,1-2H3/b24-22+. The number of ketones is 1. The molecule has 7 heteroatoms. The molecule has 1 unspecified atom stereocenters. The molecule has 0 radical (unpaired) electrons. The SMILES string of the molecule is CC(C)c1ccc(C2/C(=C(\O)c3ccc(Cl)cc3)C(=O)C(=O)N2CCN2CCOCC2)cc1. The molecule has 6 nitrogen and oxygen atoms in total. The molecule has 0 saturated carbocycles. The molecular weight excluding hydrogens is 440 g/mol. The van der Waals surface area contributed by atoms with E-state index >= 15 is 0 Å². The Morgan fingerprint density at radius 2 is 1.67 bits per heavy atom. The smallest absolute Gasteiger partial charge is 0.295 e. The zero-order valence-corrected chi connectivity index (χ0v) is 19.7. The molecule has 0 bridgehead atoms. The van der Waals surface area contributed by atoms with E-state index in [1.54, 1.807) is 29.2 Å². The highest BCUT2D eigenvalue weighted by Gasteiger charge is 2.46. The first-order valence-corrected chi connectivity index (χ1v) is 11.7. The molecule has 1 N–H and O–H groups in total. The van der Waals surface area contributed by atoms with Crippen molar-refractivity contribution in [1.82, 2.24) is 9.80 Å². The lowest BCUT2D eigenvalue weighted by atomic mass is 9.93. The fraction of sp³-hybridized carbons (Fsp3) is 0.385. The van der Waals surface area contributed by atoms with Crippen LogP contribution in [0.4, 0.5) is 0 Å². The third-order valence-corrected chi connectivity index (χ3v) is 6.59. The molecule has 2 aliphatic rings. The van der Waals surface area contributed by atoms with E-state index in [0.29, 0.717) is 42.8 Å². The number of rotatable bonds is 6. The summed E-state index contributed by atoms with van der Waals surface area (Å²) >= 11 is 5.99. The molecular formula is C26H29ClN2O4. The fourth-order valence-electron chi connectivity index (χ4n) is 4.36. The Balaban J connectivity index is 1.73. The predicted octanol–water partition coefficient (Wildman–Crippen LogP) is 4.22. The van der Waals surface area contributed by atoms with Crippen molar-refractivity contribution in [2.45, 2.75) is 25.8 Å². The second kappa shape index (κ2) is 10.1. The molecule has 33 heavy (non-hydrogen) atoms. The van der Waals surface area contributed by atoms with Crippen molar-refractivity contribution < 1.29 is 19.4 Å². The van der Waals surface area contributed by atoms with E-state index in [2.05, 4.69) is 18.7 Å². The maximum absolute atomic E-state index is 13.1. The number of carbonyl (C=O) groups is 2. The molecule has 0 aromatic heterocycles. The Morgan fingerprint density at radius 1 is 1.03 bits per heavy atom. The van der Waals surface area contributed by atoms with E-state index in [1.165, 1.54) is 5.56 Å². The minimum Gasteiger partial charge on any atom is -0.507 e. The summed E-state index contributed by atoms with van der Waals surface area (Å²) in [6, 6.07) is 13.9. The highest BCUT2D eigenvalue weighted by molar-refractivity contribution is 6.46. The van der Waals surface area contributed by atoms with Gasteiger partial charge in [0.2, 0.25) is 0 Å². The number of amides is 1. The minimum atomic E-state index is -0.664. The van der Waals surface area contributed by atoms with Gasteiger partial charge in [-0.1, -0.05) is 49.7 Å². The van der Waals surface area contributed by atoms with E-state index in [0.717, 1.165) is 18.7 Å². The van der Waals surface area contributed by atoms with Crippen molar-refractivity contribution in [2.75, 3.05) is 39.4 Å². The second-order valence-electron chi connectivity index (χ2n) is 8.77. The number of likely N-dealkylation sites (tertiary alicyclic amines) is 1. The zero-order chi connectivity index (χ0) is 23.5. The van der Waals surface area contributed by atoms with E-state index in [4.69, 9.17) is 16.3 Å². The van der Waals surface area contributed by atoms with Gasteiger partial charge in [0.25, 0.3) is 11.7 Å². The Hall–Kier alpha value is -2.67. The van der Waals surface area contributed by atoms with Gasteiger partial charge in [-0.15, -0.1) is 0 Å². The zero-order valence-electron chi connectivity index (χ0n) is 19.0. The molecule has 1 atom stereocenters. The summed E-state index contributed by atoms with van der Waals surface area (Å²) in [6.07, 6.45) is 0. The summed E-state index contributed by atoms with van der Waals surface area (Å²) in [6.45, 7) is 8.17. The summed E-state index contributed by atoms with van der Waals surface area (Å²) in [5.41, 5.74) is 2.54. The van der Waals surface area contributed by atoms with Crippen LogP contribution in [0.25, 0.3) is 5.76 Å². The summed E-state index contributed by atoms with van der Waals surface area (Å²) in [5.74, 6) is -1.07. The Morgan fingerprint density at radius 3 is 2.27 bits per heavy atom. The molecule has 174 valence electrons. The molecule has 2 aliphatic heterocycles. The Kier molecular flexibility index (Phi) is 7.17. The van der Waals surface area contributed by atoms with Crippen molar-refractivity contribution in [2.24, 2.45) is 0 Å². The number of hydrogen-bond donors (Lipinski definition) is 1. The van der Waals surface area contributed by atoms with Gasteiger partial charge in [0.05, 0.1) is 24.8 Å². The van der Waals surface area contributed by atoms with Crippen molar-refractivity contribution in [3.05, 3.63) is 75.8 Å². The Labute approximate surface area is 199 Å². The summed E-state index contributed by atoms with van der Waals surface area (Å²) in [7, 11) is 0. The highest BCUT2D eigenvalue weighted by Crippen LogP contribution is 2.39. The van der Waals surface area contributed by atoms with Crippen molar-refractivity contribution >= 4 is 29.1 Å². The number of morpholine rings is 1. The van der Waals surface area contributed by atoms with Crippen molar-refractivity contribution in [3.63, 3.8) is 0 Å². The highest BCUT2D eigenvalue weighted by atomic mass is 35.5. The molecule has 2 aromatic carbocycles. The van der Waals surface area contributed by atoms with Crippen LogP contribution in [-0.4, -0.2) is 66.0 Å². The fourth-order valence-corrected chi connectivity index (χ4v) is 4.48. The van der Waals surface area contributed by atoms with Crippen LogP contribution in [0.3, 0.4) is 0 Å².